The highest BCUT2D eigenvalue weighted by molar-refractivity contribution is 4.99. The molecule has 0 N–H and O–H groups in total. The van der Waals surface area contributed by atoms with Crippen molar-refractivity contribution in [1.29, 1.82) is 0 Å². The average molecular weight is 359 g/mol. The van der Waals surface area contributed by atoms with Crippen LogP contribution in [-0.2, 0) is 0 Å². The van der Waals surface area contributed by atoms with E-state index in [1.807, 2.05) is 0 Å². The molecular formula is C24H42N2. The lowest BCUT2D eigenvalue weighted by molar-refractivity contribution is -0.00346. The molecular weight excluding hydrogens is 316 g/mol. The van der Waals surface area contributed by atoms with Crippen LogP contribution < -0.4 is 0 Å². The molecule has 3 aliphatic heterocycles. The Morgan fingerprint density at radius 2 is 1.42 bits per heavy atom. The molecule has 0 aromatic carbocycles. The first-order valence-corrected chi connectivity index (χ1v) is 11.9. The van der Waals surface area contributed by atoms with E-state index >= 15 is 0 Å². The molecule has 5 aliphatic rings. The topological polar surface area (TPSA) is 6.48 Å². The van der Waals surface area contributed by atoms with E-state index in [1.165, 1.54) is 110 Å². The summed E-state index contributed by atoms with van der Waals surface area (Å²) in [6.07, 6.45) is 20.0. The van der Waals surface area contributed by atoms with Crippen molar-refractivity contribution in [2.45, 2.75) is 83.1 Å². The highest BCUT2D eigenvalue weighted by Gasteiger charge is 2.39. The van der Waals surface area contributed by atoms with Crippen molar-refractivity contribution >= 4 is 0 Å². The Morgan fingerprint density at radius 3 is 1.92 bits per heavy atom. The molecule has 26 heavy (non-hydrogen) atoms. The molecule has 2 heteroatoms. The minimum Gasteiger partial charge on any atom is -0.301 e. The van der Waals surface area contributed by atoms with Crippen LogP contribution in [0.5, 0.6) is 0 Å². The molecule has 2 saturated carbocycles. The minimum absolute atomic E-state index is 0.769. The van der Waals surface area contributed by atoms with Gasteiger partial charge in [-0.25, -0.2) is 0 Å². The summed E-state index contributed by atoms with van der Waals surface area (Å²) in [6.45, 7) is 10.9. The van der Waals surface area contributed by atoms with Gasteiger partial charge < -0.3 is 4.90 Å². The van der Waals surface area contributed by atoms with Crippen LogP contribution in [0.3, 0.4) is 0 Å². The fourth-order valence-corrected chi connectivity index (χ4v) is 6.63. The monoisotopic (exact) mass is 358 g/mol. The van der Waals surface area contributed by atoms with Crippen molar-refractivity contribution in [2.24, 2.45) is 23.7 Å². The van der Waals surface area contributed by atoms with Crippen molar-refractivity contribution in [3.63, 3.8) is 0 Å². The SMILES string of the molecule is C=C[C@H]1CN2CC[C@H]1C[C@@H]2CN(CC1CCCCC1)CC1CCCCC1. The first-order valence-electron chi connectivity index (χ1n) is 11.9. The van der Waals surface area contributed by atoms with Gasteiger partial charge in [0.1, 0.15) is 0 Å². The summed E-state index contributed by atoms with van der Waals surface area (Å²) < 4.78 is 0. The molecule has 5 rings (SSSR count). The Labute approximate surface area is 162 Å². The number of rotatable bonds is 7. The Bertz CT molecular complexity index is 415. The van der Waals surface area contributed by atoms with Crippen LogP contribution in [-0.4, -0.2) is 48.6 Å². The zero-order valence-electron chi connectivity index (χ0n) is 17.1. The van der Waals surface area contributed by atoms with E-state index in [1.54, 1.807) is 0 Å². The maximum absolute atomic E-state index is 4.11. The summed E-state index contributed by atoms with van der Waals surface area (Å²) in [5, 5.41) is 0. The summed E-state index contributed by atoms with van der Waals surface area (Å²) >= 11 is 0. The number of fused-ring (bicyclic) bond motifs is 3. The molecule has 2 nitrogen and oxygen atoms in total. The van der Waals surface area contributed by atoms with Crippen LogP contribution >= 0.6 is 0 Å². The molecule has 1 unspecified atom stereocenters. The van der Waals surface area contributed by atoms with Crippen LogP contribution in [0.25, 0.3) is 0 Å². The Kier molecular flexibility index (Phi) is 6.75. The van der Waals surface area contributed by atoms with Gasteiger partial charge in [-0.05, 0) is 68.7 Å². The maximum atomic E-state index is 4.11. The fourth-order valence-electron chi connectivity index (χ4n) is 6.63. The van der Waals surface area contributed by atoms with Gasteiger partial charge in [-0.1, -0.05) is 44.6 Å². The van der Waals surface area contributed by atoms with Gasteiger partial charge in [-0.15, -0.1) is 6.58 Å². The van der Waals surface area contributed by atoms with Gasteiger partial charge in [0.25, 0.3) is 0 Å². The molecule has 3 saturated heterocycles. The molecule has 3 heterocycles. The number of hydrogen-bond donors (Lipinski definition) is 0. The second-order valence-corrected chi connectivity index (χ2v) is 10.1. The molecule has 0 radical (unpaired) electrons. The van der Waals surface area contributed by atoms with Crippen molar-refractivity contribution in [3.05, 3.63) is 12.7 Å². The van der Waals surface area contributed by atoms with E-state index < -0.39 is 0 Å². The van der Waals surface area contributed by atoms with Crippen LogP contribution in [0.4, 0.5) is 0 Å². The van der Waals surface area contributed by atoms with Gasteiger partial charge in [0.15, 0.2) is 0 Å². The predicted octanol–water partition coefficient (Wildman–Crippen LogP) is 5.35. The third kappa shape index (κ3) is 4.73. The molecule has 5 fully saturated rings. The van der Waals surface area contributed by atoms with E-state index in [0.29, 0.717) is 0 Å². The summed E-state index contributed by atoms with van der Waals surface area (Å²) in [5.74, 6) is 3.67. The number of nitrogens with zero attached hydrogens (tertiary/aromatic N) is 2. The smallest absolute Gasteiger partial charge is 0.0226 e. The lowest BCUT2D eigenvalue weighted by Crippen LogP contribution is -2.57. The minimum atomic E-state index is 0.769. The summed E-state index contributed by atoms with van der Waals surface area (Å²) in [4.78, 5) is 5.77. The maximum Gasteiger partial charge on any atom is 0.0226 e. The van der Waals surface area contributed by atoms with Crippen molar-refractivity contribution in [1.82, 2.24) is 9.80 Å². The molecule has 0 spiro atoms. The first kappa shape index (κ1) is 19.0. The van der Waals surface area contributed by atoms with Crippen LogP contribution in [0, 0.1) is 23.7 Å². The van der Waals surface area contributed by atoms with Gasteiger partial charge in [0.05, 0.1) is 0 Å². The summed E-state index contributed by atoms with van der Waals surface area (Å²) in [7, 11) is 0. The normalized spacial score (nSPS) is 36.5. The average Bonchev–Trinajstić information content (AvgIpc) is 2.70. The molecule has 0 amide bonds. The van der Waals surface area contributed by atoms with Crippen LogP contribution in [0.2, 0.25) is 0 Å². The third-order valence-corrected chi connectivity index (χ3v) is 8.18. The highest BCUT2D eigenvalue weighted by Crippen LogP contribution is 2.37. The Hall–Kier alpha value is -0.340. The van der Waals surface area contributed by atoms with E-state index in [0.717, 1.165) is 29.7 Å². The first-order chi connectivity index (χ1) is 12.8. The number of hydrogen-bond acceptors (Lipinski definition) is 2. The quantitative estimate of drug-likeness (QED) is 0.566. The standard InChI is InChI=1S/C24H42N2/c1-2-22-18-26-14-13-23(22)15-24(26)19-25(16-20-9-5-3-6-10-20)17-21-11-7-4-8-12-21/h2,20-24H,1,3-19H2/t22-,23-,24+/m0/s1. The molecule has 0 aromatic heterocycles. The second-order valence-electron chi connectivity index (χ2n) is 10.1. The van der Waals surface area contributed by atoms with E-state index in [-0.39, 0.29) is 0 Å². The fraction of sp³-hybridized carbons (Fsp3) is 0.917. The van der Waals surface area contributed by atoms with E-state index in [4.69, 9.17) is 0 Å². The second kappa shape index (κ2) is 9.24. The van der Waals surface area contributed by atoms with Crippen molar-refractivity contribution in [2.75, 3.05) is 32.7 Å². The molecule has 148 valence electrons. The third-order valence-electron chi connectivity index (χ3n) is 8.18. The summed E-state index contributed by atoms with van der Waals surface area (Å²) in [5.41, 5.74) is 0. The van der Waals surface area contributed by atoms with Crippen LogP contribution in [0.1, 0.15) is 77.0 Å². The van der Waals surface area contributed by atoms with Gasteiger partial charge in [0, 0.05) is 32.2 Å². The Balaban J connectivity index is 1.36. The summed E-state index contributed by atoms with van der Waals surface area (Å²) in [6, 6.07) is 0.831. The van der Waals surface area contributed by atoms with E-state index in [2.05, 4.69) is 22.5 Å². The van der Waals surface area contributed by atoms with Crippen molar-refractivity contribution < 1.29 is 0 Å². The van der Waals surface area contributed by atoms with Gasteiger partial charge >= 0.3 is 0 Å². The predicted molar refractivity (Wildman–Crippen MR) is 111 cm³/mol. The zero-order chi connectivity index (χ0) is 17.8. The lowest BCUT2D eigenvalue weighted by Gasteiger charge is -2.50. The largest absolute Gasteiger partial charge is 0.301 e. The Morgan fingerprint density at radius 1 is 0.808 bits per heavy atom. The van der Waals surface area contributed by atoms with E-state index in [9.17, 15) is 0 Å². The van der Waals surface area contributed by atoms with Crippen molar-refractivity contribution in [3.8, 4) is 0 Å². The van der Waals surface area contributed by atoms with Gasteiger partial charge in [-0.3, -0.25) is 4.90 Å². The number of piperidine rings is 3. The van der Waals surface area contributed by atoms with Crippen LogP contribution in [0.15, 0.2) is 12.7 Å². The molecule has 2 bridgehead atoms. The highest BCUT2D eigenvalue weighted by atomic mass is 15.2. The van der Waals surface area contributed by atoms with Gasteiger partial charge in [0.2, 0.25) is 0 Å². The lowest BCUT2D eigenvalue weighted by atomic mass is 9.75. The molecule has 2 aliphatic carbocycles. The molecule has 0 aromatic rings. The van der Waals surface area contributed by atoms with Gasteiger partial charge in [-0.2, -0.15) is 0 Å². The zero-order valence-corrected chi connectivity index (χ0v) is 17.1. The molecule has 4 atom stereocenters.